The molecule has 0 saturated carbocycles. The highest BCUT2D eigenvalue weighted by atomic mass is 16.5. The van der Waals surface area contributed by atoms with Crippen LogP contribution in [0.1, 0.15) is 37.3 Å². The van der Waals surface area contributed by atoms with Gasteiger partial charge in [-0.1, -0.05) is 0 Å². The summed E-state index contributed by atoms with van der Waals surface area (Å²) in [6.07, 6.45) is 8.24. The fourth-order valence-electron chi connectivity index (χ4n) is 3.80. The van der Waals surface area contributed by atoms with Crippen LogP contribution >= 0.6 is 0 Å². The molecule has 0 aromatic carbocycles. The van der Waals surface area contributed by atoms with Crippen molar-refractivity contribution in [2.24, 2.45) is 5.92 Å². The Balaban J connectivity index is 1.46. The van der Waals surface area contributed by atoms with Crippen LogP contribution < -0.4 is 0 Å². The van der Waals surface area contributed by atoms with Crippen molar-refractivity contribution in [3.05, 3.63) is 36.2 Å². The average Bonchev–Trinajstić information content (AvgIpc) is 3.22. The predicted molar refractivity (Wildman–Crippen MR) is 87.1 cm³/mol. The van der Waals surface area contributed by atoms with Gasteiger partial charge in [0.2, 0.25) is 0 Å². The van der Waals surface area contributed by atoms with E-state index >= 15 is 0 Å². The first-order valence-corrected chi connectivity index (χ1v) is 8.65. The molecule has 2 aromatic rings. The maximum absolute atomic E-state index is 5.48. The van der Waals surface area contributed by atoms with Gasteiger partial charge in [0.1, 0.15) is 5.82 Å². The summed E-state index contributed by atoms with van der Waals surface area (Å²) in [5, 5.41) is 4.30. The molecular weight excluding hydrogens is 290 g/mol. The lowest BCUT2D eigenvalue weighted by Crippen LogP contribution is -2.41. The maximum atomic E-state index is 5.48. The van der Waals surface area contributed by atoms with Crippen molar-refractivity contribution >= 4 is 0 Å². The summed E-state index contributed by atoms with van der Waals surface area (Å²) in [6, 6.07) is 2.35. The second-order valence-corrected chi connectivity index (χ2v) is 6.69. The number of imidazole rings is 1. The van der Waals surface area contributed by atoms with Gasteiger partial charge in [0, 0.05) is 45.2 Å². The topological polar surface area (TPSA) is 48.1 Å². The molecule has 4 rings (SSSR count). The largest absolute Gasteiger partial charge is 0.381 e. The zero-order chi connectivity index (χ0) is 15.6. The average molecular weight is 315 g/mol. The molecule has 0 spiro atoms. The first kappa shape index (κ1) is 14.9. The van der Waals surface area contributed by atoms with Gasteiger partial charge < -0.3 is 9.30 Å². The van der Waals surface area contributed by atoms with E-state index in [0.29, 0.717) is 6.04 Å². The van der Waals surface area contributed by atoms with Crippen molar-refractivity contribution < 1.29 is 4.74 Å². The number of aromatic nitrogens is 4. The molecule has 1 atom stereocenters. The fourth-order valence-corrected chi connectivity index (χ4v) is 3.80. The Hall–Kier alpha value is -1.66. The number of nitrogens with zero attached hydrogens (tertiary/aromatic N) is 5. The molecule has 6 heteroatoms. The molecular formula is C17H25N5O. The highest BCUT2D eigenvalue weighted by Gasteiger charge is 2.29. The smallest absolute Gasteiger partial charge is 0.126 e. The van der Waals surface area contributed by atoms with Gasteiger partial charge in [0.05, 0.1) is 24.5 Å². The van der Waals surface area contributed by atoms with Crippen LogP contribution in [0.5, 0.6) is 0 Å². The van der Waals surface area contributed by atoms with Gasteiger partial charge in [0.25, 0.3) is 0 Å². The zero-order valence-corrected chi connectivity index (χ0v) is 13.8. The molecule has 6 nitrogen and oxygen atoms in total. The SMILES string of the molecule is CC1c2ncc(Cn3cccn3)n2CCN1CC1CCOCC1. The van der Waals surface area contributed by atoms with Gasteiger partial charge in [-0.15, -0.1) is 0 Å². The quantitative estimate of drug-likeness (QED) is 0.865. The number of rotatable bonds is 4. The van der Waals surface area contributed by atoms with E-state index in [1.54, 1.807) is 0 Å². The van der Waals surface area contributed by atoms with Crippen LogP contribution in [0.2, 0.25) is 0 Å². The van der Waals surface area contributed by atoms with Crippen LogP contribution in [0.15, 0.2) is 24.7 Å². The summed E-state index contributed by atoms with van der Waals surface area (Å²) in [6.45, 7) is 8.24. The standard InChI is InChI=1S/C17H25N5O/c1-14-17-18-11-16(13-21-6-2-5-19-21)22(17)8-7-20(14)12-15-3-9-23-10-4-15/h2,5-6,11,14-15H,3-4,7-10,12-13H2,1H3. The van der Waals surface area contributed by atoms with Crippen molar-refractivity contribution in [2.75, 3.05) is 26.3 Å². The Labute approximate surface area is 137 Å². The number of hydrogen-bond acceptors (Lipinski definition) is 4. The van der Waals surface area contributed by atoms with E-state index in [2.05, 4.69) is 21.5 Å². The number of ether oxygens (including phenoxy) is 1. The summed E-state index contributed by atoms with van der Waals surface area (Å²) in [5.41, 5.74) is 1.25. The highest BCUT2D eigenvalue weighted by Crippen LogP contribution is 2.28. The Morgan fingerprint density at radius 2 is 2.13 bits per heavy atom. The van der Waals surface area contributed by atoms with E-state index in [0.717, 1.165) is 38.8 Å². The van der Waals surface area contributed by atoms with Gasteiger partial charge in [-0.25, -0.2) is 4.98 Å². The van der Waals surface area contributed by atoms with Crippen molar-refractivity contribution in [3.8, 4) is 0 Å². The molecule has 2 aromatic heterocycles. The predicted octanol–water partition coefficient (Wildman–Crippen LogP) is 1.93. The zero-order valence-electron chi connectivity index (χ0n) is 13.8. The Bertz CT molecular complexity index is 629. The normalized spacial score (nSPS) is 23.1. The monoisotopic (exact) mass is 315 g/mol. The van der Waals surface area contributed by atoms with Gasteiger partial charge >= 0.3 is 0 Å². The lowest BCUT2D eigenvalue weighted by molar-refractivity contribution is 0.0409. The second-order valence-electron chi connectivity index (χ2n) is 6.69. The summed E-state index contributed by atoms with van der Waals surface area (Å²) in [7, 11) is 0. The van der Waals surface area contributed by atoms with Gasteiger partial charge in [-0.05, 0) is 31.7 Å². The van der Waals surface area contributed by atoms with Crippen molar-refractivity contribution in [1.29, 1.82) is 0 Å². The van der Waals surface area contributed by atoms with Crippen molar-refractivity contribution in [2.45, 2.75) is 38.9 Å². The molecule has 2 aliphatic rings. The van der Waals surface area contributed by atoms with Gasteiger partial charge in [-0.2, -0.15) is 5.10 Å². The van der Waals surface area contributed by atoms with E-state index in [1.165, 1.54) is 30.9 Å². The molecule has 4 heterocycles. The molecule has 124 valence electrons. The third-order valence-electron chi connectivity index (χ3n) is 5.22. The van der Waals surface area contributed by atoms with Gasteiger partial charge in [0.15, 0.2) is 0 Å². The molecule has 0 N–H and O–H groups in total. The molecule has 23 heavy (non-hydrogen) atoms. The minimum Gasteiger partial charge on any atom is -0.381 e. The van der Waals surface area contributed by atoms with Gasteiger partial charge in [-0.3, -0.25) is 9.58 Å². The summed E-state index contributed by atoms with van der Waals surface area (Å²) in [4.78, 5) is 7.31. The molecule has 0 bridgehead atoms. The van der Waals surface area contributed by atoms with Crippen molar-refractivity contribution in [3.63, 3.8) is 0 Å². The van der Waals surface area contributed by atoms with E-state index in [1.807, 2.05) is 29.3 Å². The second kappa shape index (κ2) is 6.45. The number of hydrogen-bond donors (Lipinski definition) is 0. The van der Waals surface area contributed by atoms with Crippen LogP contribution in [0, 0.1) is 5.92 Å². The maximum Gasteiger partial charge on any atom is 0.126 e. The Morgan fingerprint density at radius 3 is 2.91 bits per heavy atom. The molecule has 2 aliphatic heterocycles. The first-order valence-electron chi connectivity index (χ1n) is 8.65. The lowest BCUT2D eigenvalue weighted by Gasteiger charge is -2.37. The van der Waals surface area contributed by atoms with Crippen LogP contribution in [0.4, 0.5) is 0 Å². The highest BCUT2D eigenvalue weighted by molar-refractivity contribution is 5.11. The van der Waals surface area contributed by atoms with Crippen LogP contribution in [-0.2, 0) is 17.8 Å². The minimum absolute atomic E-state index is 0.387. The van der Waals surface area contributed by atoms with Crippen LogP contribution in [-0.4, -0.2) is 50.5 Å². The lowest BCUT2D eigenvalue weighted by atomic mass is 9.98. The van der Waals surface area contributed by atoms with Crippen molar-refractivity contribution in [1.82, 2.24) is 24.2 Å². The molecule has 1 saturated heterocycles. The first-order chi connectivity index (χ1) is 11.3. The van der Waals surface area contributed by atoms with Crippen LogP contribution in [0.3, 0.4) is 0 Å². The molecule has 0 radical (unpaired) electrons. The Morgan fingerprint density at radius 1 is 1.26 bits per heavy atom. The third kappa shape index (κ3) is 3.05. The molecule has 0 aliphatic carbocycles. The summed E-state index contributed by atoms with van der Waals surface area (Å²) in [5.74, 6) is 1.97. The van der Waals surface area contributed by atoms with E-state index < -0.39 is 0 Å². The van der Waals surface area contributed by atoms with Crippen LogP contribution in [0.25, 0.3) is 0 Å². The summed E-state index contributed by atoms with van der Waals surface area (Å²) >= 11 is 0. The van der Waals surface area contributed by atoms with E-state index in [4.69, 9.17) is 9.72 Å². The molecule has 0 amide bonds. The fraction of sp³-hybridized carbons (Fsp3) is 0.647. The van der Waals surface area contributed by atoms with E-state index in [9.17, 15) is 0 Å². The molecule has 1 unspecified atom stereocenters. The Kier molecular flexibility index (Phi) is 4.18. The van der Waals surface area contributed by atoms with E-state index in [-0.39, 0.29) is 0 Å². The number of fused-ring (bicyclic) bond motifs is 1. The third-order valence-corrected chi connectivity index (χ3v) is 5.22. The summed E-state index contributed by atoms with van der Waals surface area (Å²) < 4.78 is 9.83. The minimum atomic E-state index is 0.387. The molecule has 1 fully saturated rings.